The van der Waals surface area contributed by atoms with E-state index in [9.17, 15) is 5.26 Å². The Hall–Kier alpha value is -0.340. The molecule has 0 bridgehead atoms. The summed E-state index contributed by atoms with van der Waals surface area (Å²) in [5.74, 6) is 3.29. The molecule has 0 aromatic rings. The molecule has 0 spiro atoms. The standard InChI is InChI=1S/C15H26O2/c1-9(2)12-7-5-10(3)13-8-6-11(4)15(17-16)14(12)13/h9-10,12-16H,4-8H2,1-3H3/t10-,12+,13+,14-,15-/m1/s1. The van der Waals surface area contributed by atoms with Crippen LogP contribution < -0.4 is 0 Å². The van der Waals surface area contributed by atoms with E-state index in [1.165, 1.54) is 19.3 Å². The maximum atomic E-state index is 9.23. The van der Waals surface area contributed by atoms with Gasteiger partial charge in [0.1, 0.15) is 6.10 Å². The highest BCUT2D eigenvalue weighted by atomic mass is 17.1. The third kappa shape index (κ3) is 2.30. The van der Waals surface area contributed by atoms with Crippen molar-refractivity contribution in [2.45, 2.75) is 52.6 Å². The summed E-state index contributed by atoms with van der Waals surface area (Å²) < 4.78 is 0. The molecule has 0 aliphatic heterocycles. The van der Waals surface area contributed by atoms with Crippen LogP contribution in [0.2, 0.25) is 0 Å². The summed E-state index contributed by atoms with van der Waals surface area (Å²) in [6.45, 7) is 11.0. The quantitative estimate of drug-likeness (QED) is 0.445. The molecular weight excluding hydrogens is 212 g/mol. The van der Waals surface area contributed by atoms with Gasteiger partial charge in [-0.25, -0.2) is 4.89 Å². The van der Waals surface area contributed by atoms with Crippen LogP contribution in [0.1, 0.15) is 46.5 Å². The van der Waals surface area contributed by atoms with Crippen molar-refractivity contribution in [3.05, 3.63) is 12.2 Å². The average Bonchev–Trinajstić information content (AvgIpc) is 2.28. The van der Waals surface area contributed by atoms with E-state index in [1.54, 1.807) is 0 Å². The Kier molecular flexibility index (Phi) is 3.94. The molecule has 0 amide bonds. The fourth-order valence-corrected chi connectivity index (χ4v) is 4.17. The Morgan fingerprint density at radius 2 is 2.00 bits per heavy atom. The van der Waals surface area contributed by atoms with Crippen molar-refractivity contribution in [3.63, 3.8) is 0 Å². The van der Waals surface area contributed by atoms with Crippen LogP contribution in [0.3, 0.4) is 0 Å². The molecule has 2 fully saturated rings. The Bertz CT molecular complexity index is 283. The third-order valence-electron chi connectivity index (χ3n) is 5.20. The van der Waals surface area contributed by atoms with Gasteiger partial charge in [0.25, 0.3) is 0 Å². The fourth-order valence-electron chi connectivity index (χ4n) is 4.17. The van der Waals surface area contributed by atoms with Crippen LogP contribution in [0.25, 0.3) is 0 Å². The normalized spacial score (nSPS) is 42.6. The van der Waals surface area contributed by atoms with Gasteiger partial charge < -0.3 is 0 Å². The Labute approximate surface area is 105 Å². The highest BCUT2D eigenvalue weighted by Crippen LogP contribution is 2.50. The molecule has 0 aromatic heterocycles. The molecule has 0 saturated heterocycles. The minimum atomic E-state index is -0.121. The van der Waals surface area contributed by atoms with Crippen molar-refractivity contribution < 1.29 is 10.1 Å². The van der Waals surface area contributed by atoms with Gasteiger partial charge in [0.05, 0.1) is 0 Å². The molecule has 2 nitrogen and oxygen atoms in total. The first-order valence-electron chi connectivity index (χ1n) is 7.04. The second kappa shape index (κ2) is 5.11. The maximum absolute atomic E-state index is 9.23. The highest BCUT2D eigenvalue weighted by Gasteiger charge is 2.46. The van der Waals surface area contributed by atoms with E-state index < -0.39 is 0 Å². The SMILES string of the molecule is C=C1CC[C@@H]2[C@H]([C@@H]1OO)[C@H](C(C)C)CC[C@H]2C. The van der Waals surface area contributed by atoms with Gasteiger partial charge in [-0.1, -0.05) is 33.8 Å². The first-order chi connectivity index (χ1) is 8.06. The second-order valence-corrected chi connectivity index (χ2v) is 6.43. The van der Waals surface area contributed by atoms with Gasteiger partial charge in [0, 0.05) is 0 Å². The molecule has 0 radical (unpaired) electrons. The van der Waals surface area contributed by atoms with Crippen LogP contribution in [0, 0.1) is 29.6 Å². The third-order valence-corrected chi connectivity index (χ3v) is 5.20. The summed E-state index contributed by atoms with van der Waals surface area (Å²) in [6, 6.07) is 0. The van der Waals surface area contributed by atoms with Gasteiger partial charge in [-0.2, -0.15) is 0 Å². The first kappa shape index (κ1) is 13.1. The molecule has 5 atom stereocenters. The van der Waals surface area contributed by atoms with Crippen LogP contribution >= 0.6 is 0 Å². The zero-order valence-corrected chi connectivity index (χ0v) is 11.4. The number of fused-ring (bicyclic) bond motifs is 1. The molecule has 0 heterocycles. The Morgan fingerprint density at radius 3 is 2.59 bits per heavy atom. The minimum Gasteiger partial charge on any atom is -0.251 e. The Morgan fingerprint density at radius 1 is 1.29 bits per heavy atom. The summed E-state index contributed by atoms with van der Waals surface area (Å²) in [5.41, 5.74) is 1.09. The molecule has 2 saturated carbocycles. The number of rotatable bonds is 2. The van der Waals surface area contributed by atoms with Gasteiger partial charge in [-0.3, -0.25) is 5.26 Å². The van der Waals surface area contributed by atoms with Gasteiger partial charge in [-0.15, -0.1) is 0 Å². The molecule has 1 N–H and O–H groups in total. The summed E-state index contributed by atoms with van der Waals surface area (Å²) in [7, 11) is 0. The number of hydrogen-bond acceptors (Lipinski definition) is 2. The lowest BCUT2D eigenvalue weighted by Crippen LogP contribution is -2.46. The zero-order chi connectivity index (χ0) is 12.6. The maximum Gasteiger partial charge on any atom is 0.117 e. The Balaban J connectivity index is 2.26. The second-order valence-electron chi connectivity index (χ2n) is 6.43. The van der Waals surface area contributed by atoms with Crippen molar-refractivity contribution in [2.24, 2.45) is 29.6 Å². The van der Waals surface area contributed by atoms with Crippen molar-refractivity contribution in [2.75, 3.05) is 0 Å². The van der Waals surface area contributed by atoms with Crippen LogP contribution in [-0.2, 0) is 4.89 Å². The number of hydrogen-bond donors (Lipinski definition) is 1. The van der Waals surface area contributed by atoms with E-state index in [0.717, 1.165) is 17.9 Å². The summed E-state index contributed by atoms with van der Waals surface area (Å²) >= 11 is 0. The van der Waals surface area contributed by atoms with E-state index in [-0.39, 0.29) is 6.10 Å². The van der Waals surface area contributed by atoms with Crippen LogP contribution in [-0.4, -0.2) is 11.4 Å². The molecule has 0 unspecified atom stereocenters. The van der Waals surface area contributed by atoms with Crippen LogP contribution in [0.5, 0.6) is 0 Å². The van der Waals surface area contributed by atoms with Crippen molar-refractivity contribution >= 4 is 0 Å². The highest BCUT2D eigenvalue weighted by molar-refractivity contribution is 5.12. The van der Waals surface area contributed by atoms with E-state index in [4.69, 9.17) is 4.89 Å². The molecule has 0 aromatic carbocycles. The first-order valence-corrected chi connectivity index (χ1v) is 7.04. The summed E-state index contributed by atoms with van der Waals surface area (Å²) in [6.07, 6.45) is 4.72. The smallest absolute Gasteiger partial charge is 0.117 e. The van der Waals surface area contributed by atoms with E-state index in [2.05, 4.69) is 27.4 Å². The molecule has 98 valence electrons. The van der Waals surface area contributed by atoms with Crippen LogP contribution in [0.4, 0.5) is 0 Å². The topological polar surface area (TPSA) is 29.5 Å². The molecular formula is C15H26O2. The van der Waals surface area contributed by atoms with E-state index in [1.807, 2.05) is 0 Å². The van der Waals surface area contributed by atoms with Gasteiger partial charge in [-0.05, 0) is 54.4 Å². The predicted molar refractivity (Wildman–Crippen MR) is 69.6 cm³/mol. The lowest BCUT2D eigenvalue weighted by atomic mass is 9.57. The molecule has 2 rings (SSSR count). The van der Waals surface area contributed by atoms with Gasteiger partial charge in [0.2, 0.25) is 0 Å². The molecule has 2 heteroatoms. The zero-order valence-electron chi connectivity index (χ0n) is 11.4. The van der Waals surface area contributed by atoms with Crippen LogP contribution in [0.15, 0.2) is 12.2 Å². The van der Waals surface area contributed by atoms with Crippen molar-refractivity contribution in [1.29, 1.82) is 0 Å². The fraction of sp³-hybridized carbons (Fsp3) is 0.867. The molecule has 2 aliphatic carbocycles. The monoisotopic (exact) mass is 238 g/mol. The lowest BCUT2D eigenvalue weighted by molar-refractivity contribution is -0.295. The minimum absolute atomic E-state index is 0.121. The summed E-state index contributed by atoms with van der Waals surface area (Å²) in [5, 5.41) is 9.23. The average molecular weight is 238 g/mol. The van der Waals surface area contributed by atoms with Crippen molar-refractivity contribution in [1.82, 2.24) is 0 Å². The molecule has 17 heavy (non-hydrogen) atoms. The predicted octanol–water partition coefficient (Wildman–Crippen LogP) is 4.13. The van der Waals surface area contributed by atoms with Crippen molar-refractivity contribution in [3.8, 4) is 0 Å². The van der Waals surface area contributed by atoms with Gasteiger partial charge in [0.15, 0.2) is 0 Å². The van der Waals surface area contributed by atoms with E-state index >= 15 is 0 Å². The van der Waals surface area contributed by atoms with Gasteiger partial charge >= 0.3 is 0 Å². The largest absolute Gasteiger partial charge is 0.251 e. The summed E-state index contributed by atoms with van der Waals surface area (Å²) in [4.78, 5) is 4.80. The lowest BCUT2D eigenvalue weighted by Gasteiger charge is -2.49. The molecule has 2 aliphatic rings. The van der Waals surface area contributed by atoms with E-state index in [0.29, 0.717) is 23.7 Å².